The lowest BCUT2D eigenvalue weighted by molar-refractivity contribution is -0.141. The normalized spacial score (nSPS) is 20.6. The van der Waals surface area contributed by atoms with Crippen LogP contribution in [0.15, 0.2) is 66.7 Å². The van der Waals surface area contributed by atoms with Gasteiger partial charge in [-0.2, -0.15) is 5.26 Å². The molecule has 3 aromatic carbocycles. The Labute approximate surface area is 262 Å². The number of halogens is 2. The van der Waals surface area contributed by atoms with Crippen LogP contribution in [-0.2, 0) is 20.8 Å². The number of carbonyl (C=O) groups is 4. The molecular formula is C31H27Cl2N5O6. The number of carboxylic acid groups (broad SMARTS) is 1. The van der Waals surface area contributed by atoms with E-state index in [4.69, 9.17) is 23.2 Å². The summed E-state index contributed by atoms with van der Waals surface area (Å²) in [5, 5.41) is 31.6. The number of imide groups is 1. The first-order valence-electron chi connectivity index (χ1n) is 13.5. The summed E-state index contributed by atoms with van der Waals surface area (Å²) in [6, 6.07) is 17.3. The number of hydrogen-bond acceptors (Lipinski definition) is 7. The highest BCUT2D eigenvalue weighted by atomic mass is 35.5. The Morgan fingerprint density at radius 1 is 1.07 bits per heavy atom. The second-order valence-electron chi connectivity index (χ2n) is 10.8. The minimum absolute atomic E-state index is 0.00790. The van der Waals surface area contributed by atoms with Gasteiger partial charge >= 0.3 is 12.0 Å². The fraction of sp³-hybridized carbons (Fsp3) is 0.258. The van der Waals surface area contributed by atoms with Crippen LogP contribution in [0.4, 0.5) is 10.5 Å². The molecule has 2 aliphatic heterocycles. The standard InChI is InChI=1S/C31H27Cl2N5O6/c1-36-30(44)38(23-12-21(32)11-22(33)13-23)29(43)31(36)17-37(15-25(31)20-6-2-19(14-34)3-7-20)16-27(40)35-26(28(41)42)10-18-4-8-24(39)9-5-18/h2-9,11-13,25-26,39H,10,15-17H2,1H3,(H,35,40)(H,41,42)/t25-,26?,31+/m0/s1. The molecule has 44 heavy (non-hydrogen) atoms. The topological polar surface area (TPSA) is 154 Å². The number of anilines is 1. The molecule has 2 heterocycles. The number of benzene rings is 3. The number of amides is 4. The van der Waals surface area contributed by atoms with E-state index in [1.54, 1.807) is 41.3 Å². The highest BCUT2D eigenvalue weighted by Crippen LogP contribution is 2.46. The molecule has 4 amide bonds. The number of urea groups is 1. The zero-order valence-corrected chi connectivity index (χ0v) is 24.9. The van der Waals surface area contributed by atoms with Gasteiger partial charge in [-0.15, -0.1) is 0 Å². The number of nitrogens with one attached hydrogen (secondary N) is 1. The number of nitriles is 1. The molecular weight excluding hydrogens is 609 g/mol. The molecule has 1 spiro atoms. The van der Waals surface area contributed by atoms with Gasteiger partial charge in [-0.05, 0) is 53.6 Å². The van der Waals surface area contributed by atoms with Crippen molar-refractivity contribution in [3.8, 4) is 11.8 Å². The molecule has 0 radical (unpaired) electrons. The van der Waals surface area contributed by atoms with E-state index in [2.05, 4.69) is 11.4 Å². The maximum atomic E-state index is 14.3. The number of carboxylic acids is 1. The molecule has 2 saturated heterocycles. The molecule has 0 aromatic heterocycles. The summed E-state index contributed by atoms with van der Waals surface area (Å²) >= 11 is 12.4. The summed E-state index contributed by atoms with van der Waals surface area (Å²) in [5.41, 5.74) is 0.478. The van der Waals surface area contributed by atoms with Gasteiger partial charge in [-0.1, -0.05) is 47.5 Å². The number of phenolic OH excluding ortho intramolecular Hbond substituents is 1. The maximum absolute atomic E-state index is 14.3. The van der Waals surface area contributed by atoms with Gasteiger partial charge in [-0.25, -0.2) is 14.5 Å². The van der Waals surface area contributed by atoms with Crippen molar-refractivity contribution >= 4 is 52.7 Å². The minimum atomic E-state index is -1.43. The van der Waals surface area contributed by atoms with Crippen molar-refractivity contribution in [2.24, 2.45) is 0 Å². The summed E-state index contributed by atoms with van der Waals surface area (Å²) in [6.45, 7) is -0.0820. The second kappa shape index (κ2) is 12.2. The molecule has 11 nitrogen and oxygen atoms in total. The molecule has 3 N–H and O–H groups in total. The van der Waals surface area contributed by atoms with Crippen molar-refractivity contribution in [1.82, 2.24) is 15.1 Å². The number of carbonyl (C=O) groups excluding carboxylic acids is 3. The number of aliphatic carboxylic acids is 1. The zero-order valence-electron chi connectivity index (χ0n) is 23.4. The lowest BCUT2D eigenvalue weighted by Gasteiger charge is -2.34. The predicted octanol–water partition coefficient (Wildman–Crippen LogP) is 3.62. The van der Waals surface area contributed by atoms with E-state index in [-0.39, 0.29) is 47.5 Å². The van der Waals surface area contributed by atoms with Crippen LogP contribution >= 0.6 is 23.2 Å². The third-order valence-electron chi connectivity index (χ3n) is 8.06. The van der Waals surface area contributed by atoms with Crippen molar-refractivity contribution in [2.45, 2.75) is 23.9 Å². The first kappa shape index (κ1) is 30.8. The van der Waals surface area contributed by atoms with Crippen molar-refractivity contribution in [3.63, 3.8) is 0 Å². The number of likely N-dealkylation sites (N-methyl/N-ethyl adjacent to an activating group) is 1. The van der Waals surface area contributed by atoms with Gasteiger partial charge in [-0.3, -0.25) is 14.5 Å². The molecule has 226 valence electrons. The van der Waals surface area contributed by atoms with E-state index in [1.165, 1.54) is 42.3 Å². The van der Waals surface area contributed by atoms with Gasteiger partial charge < -0.3 is 20.4 Å². The Bertz CT molecular complexity index is 1660. The molecule has 3 aromatic rings. The minimum Gasteiger partial charge on any atom is -0.508 e. The van der Waals surface area contributed by atoms with Crippen molar-refractivity contribution in [3.05, 3.63) is 93.5 Å². The van der Waals surface area contributed by atoms with Gasteiger partial charge in [0.1, 0.15) is 17.3 Å². The quantitative estimate of drug-likeness (QED) is 0.317. The van der Waals surface area contributed by atoms with Crippen LogP contribution in [0.3, 0.4) is 0 Å². The Balaban J connectivity index is 1.43. The van der Waals surface area contributed by atoms with Crippen LogP contribution < -0.4 is 10.2 Å². The maximum Gasteiger partial charge on any atom is 0.332 e. The van der Waals surface area contributed by atoms with Crippen molar-refractivity contribution in [2.75, 3.05) is 31.6 Å². The van der Waals surface area contributed by atoms with E-state index in [0.717, 1.165) is 4.90 Å². The van der Waals surface area contributed by atoms with Gasteiger partial charge in [0.2, 0.25) is 5.91 Å². The monoisotopic (exact) mass is 635 g/mol. The predicted molar refractivity (Wildman–Crippen MR) is 162 cm³/mol. The van der Waals surface area contributed by atoms with Crippen LogP contribution in [0.1, 0.15) is 22.6 Å². The first-order chi connectivity index (χ1) is 20.9. The van der Waals surface area contributed by atoms with E-state index in [0.29, 0.717) is 16.7 Å². The molecule has 2 aliphatic rings. The molecule has 13 heteroatoms. The Morgan fingerprint density at radius 2 is 1.70 bits per heavy atom. The number of aromatic hydroxyl groups is 1. The molecule has 0 saturated carbocycles. The van der Waals surface area contributed by atoms with Gasteiger partial charge in [0.05, 0.1) is 23.9 Å². The SMILES string of the molecule is CN1C(=O)N(c2cc(Cl)cc(Cl)c2)C(=O)[C@]12CN(CC(=O)NC(Cc1ccc(O)cc1)C(=O)O)C[C@H]2c1ccc(C#N)cc1. The van der Waals surface area contributed by atoms with Crippen LogP contribution in [-0.4, -0.2) is 82.1 Å². The lowest BCUT2D eigenvalue weighted by Crippen LogP contribution is -2.54. The highest BCUT2D eigenvalue weighted by Gasteiger charge is 2.64. The largest absolute Gasteiger partial charge is 0.508 e. The summed E-state index contributed by atoms with van der Waals surface area (Å²) < 4.78 is 0. The first-order valence-corrected chi connectivity index (χ1v) is 14.3. The molecule has 5 rings (SSSR count). The smallest absolute Gasteiger partial charge is 0.332 e. The number of rotatable bonds is 8. The van der Waals surface area contributed by atoms with E-state index in [1.807, 2.05) is 0 Å². The van der Waals surface area contributed by atoms with Crippen LogP contribution in [0.25, 0.3) is 0 Å². The fourth-order valence-corrected chi connectivity index (χ4v) is 6.44. The van der Waals surface area contributed by atoms with Crippen LogP contribution in [0.5, 0.6) is 5.75 Å². The number of nitrogens with zero attached hydrogens (tertiary/aromatic N) is 4. The van der Waals surface area contributed by atoms with Crippen molar-refractivity contribution in [1.29, 1.82) is 5.26 Å². The Kier molecular flexibility index (Phi) is 8.52. The van der Waals surface area contributed by atoms with Crippen LogP contribution in [0, 0.1) is 11.3 Å². The Hall–Kier alpha value is -4.63. The number of hydrogen-bond donors (Lipinski definition) is 3. The van der Waals surface area contributed by atoms with Gasteiger partial charge in [0.15, 0.2) is 0 Å². The molecule has 0 aliphatic carbocycles. The molecule has 1 unspecified atom stereocenters. The zero-order chi connectivity index (χ0) is 31.8. The summed E-state index contributed by atoms with van der Waals surface area (Å²) in [7, 11) is 1.52. The van der Waals surface area contributed by atoms with E-state index in [9.17, 15) is 34.7 Å². The second-order valence-corrected chi connectivity index (χ2v) is 11.7. The molecule has 3 atom stereocenters. The summed E-state index contributed by atoms with van der Waals surface area (Å²) in [4.78, 5) is 57.2. The van der Waals surface area contributed by atoms with Gasteiger partial charge in [0, 0.05) is 42.5 Å². The Morgan fingerprint density at radius 3 is 2.30 bits per heavy atom. The molecule has 2 fully saturated rings. The van der Waals surface area contributed by atoms with Gasteiger partial charge in [0.25, 0.3) is 5.91 Å². The van der Waals surface area contributed by atoms with E-state index >= 15 is 0 Å². The average molecular weight is 636 g/mol. The summed E-state index contributed by atoms with van der Waals surface area (Å²) in [6.07, 6.45) is -0.00790. The lowest BCUT2D eigenvalue weighted by atomic mass is 9.80. The molecule has 0 bridgehead atoms. The third-order valence-corrected chi connectivity index (χ3v) is 8.49. The third kappa shape index (κ3) is 5.79. The average Bonchev–Trinajstić information content (AvgIpc) is 3.44. The number of likely N-dealkylation sites (tertiary alicyclic amines) is 1. The highest BCUT2D eigenvalue weighted by molar-refractivity contribution is 6.35. The van der Waals surface area contributed by atoms with Crippen LogP contribution in [0.2, 0.25) is 10.0 Å². The van der Waals surface area contributed by atoms with E-state index < -0.39 is 41.3 Å². The fourth-order valence-electron chi connectivity index (χ4n) is 5.92. The van der Waals surface area contributed by atoms with Crippen molar-refractivity contribution < 1.29 is 29.4 Å². The number of phenols is 1. The summed E-state index contributed by atoms with van der Waals surface area (Å²) in [5.74, 6) is -2.91.